The number of nitrogens with one attached hydrogen (secondary N) is 1. The van der Waals surface area contributed by atoms with Gasteiger partial charge in [-0.3, -0.25) is 5.32 Å². The highest BCUT2D eigenvalue weighted by molar-refractivity contribution is 9.10. The standard InChI is InChI=1S/C17H15BrN2O2/c1-12-9-15(18)6-5-14(12)7-8-22-17(21)20-16-4-2-3-13(10-16)11-19/h2-6,9-10H,7-8H2,1H3,(H,20,21). The van der Waals surface area contributed by atoms with Gasteiger partial charge in [0, 0.05) is 16.6 Å². The number of nitriles is 1. The average molecular weight is 359 g/mol. The fourth-order valence-electron chi connectivity index (χ4n) is 2.01. The van der Waals surface area contributed by atoms with Crippen LogP contribution in [0.2, 0.25) is 0 Å². The number of benzene rings is 2. The first kappa shape index (κ1) is 16.1. The summed E-state index contributed by atoms with van der Waals surface area (Å²) in [6, 6.07) is 14.7. The van der Waals surface area contributed by atoms with Gasteiger partial charge in [-0.1, -0.05) is 28.1 Å². The Morgan fingerprint density at radius 3 is 2.86 bits per heavy atom. The Morgan fingerprint density at radius 2 is 2.14 bits per heavy atom. The summed E-state index contributed by atoms with van der Waals surface area (Å²) in [7, 11) is 0. The van der Waals surface area contributed by atoms with Gasteiger partial charge in [0.15, 0.2) is 0 Å². The Morgan fingerprint density at radius 1 is 1.32 bits per heavy atom. The second-order valence-corrected chi connectivity index (χ2v) is 5.69. The molecule has 0 bridgehead atoms. The van der Waals surface area contributed by atoms with Gasteiger partial charge < -0.3 is 4.74 Å². The van der Waals surface area contributed by atoms with Crippen LogP contribution in [0.1, 0.15) is 16.7 Å². The van der Waals surface area contributed by atoms with Crippen molar-refractivity contribution in [3.05, 3.63) is 63.6 Å². The lowest BCUT2D eigenvalue weighted by atomic mass is 10.1. The van der Waals surface area contributed by atoms with Crippen LogP contribution < -0.4 is 5.32 Å². The minimum absolute atomic E-state index is 0.298. The van der Waals surface area contributed by atoms with Crippen molar-refractivity contribution in [1.82, 2.24) is 0 Å². The summed E-state index contributed by atoms with van der Waals surface area (Å²) in [5.74, 6) is 0. The number of carbonyl (C=O) groups excluding carboxylic acids is 1. The smallest absolute Gasteiger partial charge is 0.411 e. The Hall–Kier alpha value is -2.32. The van der Waals surface area contributed by atoms with E-state index in [9.17, 15) is 4.79 Å². The number of aryl methyl sites for hydroxylation is 1. The first-order valence-electron chi connectivity index (χ1n) is 6.77. The van der Waals surface area contributed by atoms with Gasteiger partial charge in [0.1, 0.15) is 0 Å². The lowest BCUT2D eigenvalue weighted by Gasteiger charge is -2.09. The first-order valence-corrected chi connectivity index (χ1v) is 7.57. The van der Waals surface area contributed by atoms with E-state index in [-0.39, 0.29) is 0 Å². The quantitative estimate of drug-likeness (QED) is 0.879. The molecule has 112 valence electrons. The van der Waals surface area contributed by atoms with Crippen LogP contribution in [0.15, 0.2) is 46.9 Å². The van der Waals surface area contributed by atoms with E-state index in [1.54, 1.807) is 24.3 Å². The van der Waals surface area contributed by atoms with Gasteiger partial charge in [0.05, 0.1) is 18.2 Å². The number of hydrogen-bond donors (Lipinski definition) is 1. The van der Waals surface area contributed by atoms with Crippen molar-refractivity contribution in [2.45, 2.75) is 13.3 Å². The van der Waals surface area contributed by atoms with E-state index in [1.165, 1.54) is 0 Å². The van der Waals surface area contributed by atoms with E-state index in [0.29, 0.717) is 24.3 Å². The molecule has 2 aromatic carbocycles. The summed E-state index contributed by atoms with van der Waals surface area (Å²) in [4.78, 5) is 11.7. The van der Waals surface area contributed by atoms with Crippen molar-refractivity contribution in [2.75, 3.05) is 11.9 Å². The Bertz CT molecular complexity index is 723. The normalized spacial score (nSPS) is 9.86. The zero-order valence-corrected chi connectivity index (χ0v) is 13.7. The van der Waals surface area contributed by atoms with Crippen LogP contribution in [0.25, 0.3) is 0 Å². The number of amides is 1. The molecule has 0 spiro atoms. The van der Waals surface area contributed by atoms with Gasteiger partial charge >= 0.3 is 6.09 Å². The molecule has 1 N–H and O–H groups in total. The molecule has 0 saturated heterocycles. The lowest BCUT2D eigenvalue weighted by Crippen LogP contribution is -2.15. The largest absolute Gasteiger partial charge is 0.449 e. The summed E-state index contributed by atoms with van der Waals surface area (Å²) >= 11 is 3.42. The molecule has 0 radical (unpaired) electrons. The summed E-state index contributed by atoms with van der Waals surface area (Å²) in [5.41, 5.74) is 3.33. The van der Waals surface area contributed by atoms with Gasteiger partial charge in [-0.25, -0.2) is 4.79 Å². The molecule has 5 heteroatoms. The second-order valence-electron chi connectivity index (χ2n) is 4.77. The zero-order valence-electron chi connectivity index (χ0n) is 12.1. The summed E-state index contributed by atoms with van der Waals surface area (Å²) in [5, 5.41) is 11.4. The molecule has 0 heterocycles. The zero-order chi connectivity index (χ0) is 15.9. The second kappa shape index (κ2) is 7.62. The number of rotatable bonds is 4. The minimum atomic E-state index is -0.523. The fraction of sp³-hybridized carbons (Fsp3) is 0.176. The topological polar surface area (TPSA) is 62.1 Å². The molecular formula is C17H15BrN2O2. The van der Waals surface area contributed by atoms with E-state index in [2.05, 4.69) is 21.2 Å². The van der Waals surface area contributed by atoms with Crippen LogP contribution in [0.3, 0.4) is 0 Å². The highest BCUT2D eigenvalue weighted by Gasteiger charge is 2.05. The molecular weight excluding hydrogens is 344 g/mol. The lowest BCUT2D eigenvalue weighted by molar-refractivity contribution is 0.163. The summed E-state index contributed by atoms with van der Waals surface area (Å²) < 4.78 is 6.20. The monoisotopic (exact) mass is 358 g/mol. The summed E-state index contributed by atoms with van der Waals surface area (Å²) in [6.07, 6.45) is 0.134. The maximum Gasteiger partial charge on any atom is 0.411 e. The molecule has 0 aromatic heterocycles. The fourth-order valence-corrected chi connectivity index (χ4v) is 2.49. The van der Waals surface area contributed by atoms with Crippen molar-refractivity contribution in [3.8, 4) is 6.07 Å². The predicted octanol–water partition coefficient (Wildman–Crippen LogP) is 4.42. The molecule has 2 rings (SSSR count). The third-order valence-electron chi connectivity index (χ3n) is 3.15. The van der Waals surface area contributed by atoms with Crippen LogP contribution in [0.5, 0.6) is 0 Å². The maximum atomic E-state index is 11.7. The van der Waals surface area contributed by atoms with Crippen molar-refractivity contribution < 1.29 is 9.53 Å². The van der Waals surface area contributed by atoms with E-state index >= 15 is 0 Å². The number of ether oxygens (including phenoxy) is 1. The van der Waals surface area contributed by atoms with Crippen molar-refractivity contribution in [1.29, 1.82) is 5.26 Å². The number of nitrogens with zero attached hydrogens (tertiary/aromatic N) is 1. The van der Waals surface area contributed by atoms with Crippen LogP contribution in [-0.2, 0) is 11.2 Å². The molecule has 2 aromatic rings. The molecule has 4 nitrogen and oxygen atoms in total. The first-order chi connectivity index (χ1) is 10.6. The Labute approximate surface area is 137 Å². The van der Waals surface area contributed by atoms with E-state index in [0.717, 1.165) is 15.6 Å². The summed E-state index contributed by atoms with van der Waals surface area (Å²) in [6.45, 7) is 2.32. The Balaban J connectivity index is 1.84. The van der Waals surface area contributed by atoms with Crippen LogP contribution >= 0.6 is 15.9 Å². The molecule has 0 aliphatic heterocycles. The van der Waals surface area contributed by atoms with E-state index in [1.807, 2.05) is 31.2 Å². The molecule has 0 unspecified atom stereocenters. The Kier molecular flexibility index (Phi) is 5.56. The minimum Gasteiger partial charge on any atom is -0.449 e. The van der Waals surface area contributed by atoms with Gasteiger partial charge in [-0.15, -0.1) is 0 Å². The number of carbonyl (C=O) groups is 1. The van der Waals surface area contributed by atoms with E-state index < -0.39 is 6.09 Å². The highest BCUT2D eigenvalue weighted by atomic mass is 79.9. The highest BCUT2D eigenvalue weighted by Crippen LogP contribution is 2.16. The third kappa shape index (κ3) is 4.61. The predicted molar refractivity (Wildman–Crippen MR) is 88.7 cm³/mol. The van der Waals surface area contributed by atoms with Gasteiger partial charge in [0.25, 0.3) is 0 Å². The van der Waals surface area contributed by atoms with Crippen molar-refractivity contribution >= 4 is 27.7 Å². The molecule has 0 atom stereocenters. The van der Waals surface area contributed by atoms with E-state index in [4.69, 9.17) is 10.00 Å². The van der Waals surface area contributed by atoms with Crippen molar-refractivity contribution in [2.24, 2.45) is 0 Å². The molecule has 0 fully saturated rings. The third-order valence-corrected chi connectivity index (χ3v) is 3.64. The molecule has 0 saturated carbocycles. The van der Waals surface area contributed by atoms with Gasteiger partial charge in [-0.2, -0.15) is 5.26 Å². The number of halogens is 1. The van der Waals surface area contributed by atoms with Crippen LogP contribution in [0, 0.1) is 18.3 Å². The molecule has 22 heavy (non-hydrogen) atoms. The van der Waals surface area contributed by atoms with Crippen molar-refractivity contribution in [3.63, 3.8) is 0 Å². The molecule has 0 aliphatic rings. The molecule has 0 aliphatic carbocycles. The average Bonchev–Trinajstić information content (AvgIpc) is 2.49. The number of anilines is 1. The van der Waals surface area contributed by atoms with Gasteiger partial charge in [-0.05, 0) is 48.4 Å². The van der Waals surface area contributed by atoms with Crippen LogP contribution in [0.4, 0.5) is 10.5 Å². The SMILES string of the molecule is Cc1cc(Br)ccc1CCOC(=O)Nc1cccc(C#N)c1. The molecule has 1 amide bonds. The maximum absolute atomic E-state index is 11.7. The van der Waals surface area contributed by atoms with Gasteiger partial charge in [0.2, 0.25) is 0 Å². The van der Waals surface area contributed by atoms with Crippen LogP contribution in [-0.4, -0.2) is 12.7 Å². The number of hydrogen-bond acceptors (Lipinski definition) is 3.